The van der Waals surface area contributed by atoms with Crippen LogP contribution in [0.5, 0.6) is 0 Å². The second kappa shape index (κ2) is 8.90. The van der Waals surface area contributed by atoms with E-state index >= 15 is 0 Å². The van der Waals surface area contributed by atoms with Gasteiger partial charge in [-0.1, -0.05) is 24.3 Å². The SMILES string of the molecule is CC(=O)c1ccc(S(=O)(=O)N(C)CC(=O)OCc2nc3ccccc3n2C(F)F)cc1. The number of nitrogens with zero attached hydrogens (tertiary/aromatic N) is 3. The molecule has 0 unspecified atom stereocenters. The number of likely N-dealkylation sites (N-methyl/N-ethyl adjacent to an activating group) is 1. The van der Waals surface area contributed by atoms with E-state index < -0.39 is 35.7 Å². The lowest BCUT2D eigenvalue weighted by molar-refractivity contribution is -0.145. The molecule has 1 heterocycles. The van der Waals surface area contributed by atoms with Crippen LogP contribution in [0.1, 0.15) is 29.7 Å². The molecule has 0 aliphatic heterocycles. The molecule has 8 nitrogen and oxygen atoms in total. The maximum atomic E-state index is 13.4. The first-order valence-corrected chi connectivity index (χ1v) is 10.5. The van der Waals surface area contributed by atoms with Crippen molar-refractivity contribution in [2.24, 2.45) is 0 Å². The molecule has 1 aromatic heterocycles. The van der Waals surface area contributed by atoms with Crippen LogP contribution in [0.4, 0.5) is 8.78 Å². The number of hydrogen-bond acceptors (Lipinski definition) is 6. The Labute approximate surface area is 177 Å². The number of aromatic nitrogens is 2. The molecule has 164 valence electrons. The third-order valence-corrected chi connectivity index (χ3v) is 6.36. The van der Waals surface area contributed by atoms with E-state index in [0.717, 1.165) is 4.31 Å². The summed E-state index contributed by atoms with van der Waals surface area (Å²) in [5, 5.41) is 0. The molecule has 0 aliphatic carbocycles. The van der Waals surface area contributed by atoms with Crippen LogP contribution in [-0.2, 0) is 26.2 Å². The molecule has 0 fully saturated rings. The molecule has 0 radical (unpaired) electrons. The van der Waals surface area contributed by atoms with E-state index in [9.17, 15) is 26.8 Å². The highest BCUT2D eigenvalue weighted by molar-refractivity contribution is 7.89. The van der Waals surface area contributed by atoms with Gasteiger partial charge in [0.05, 0.1) is 15.9 Å². The Morgan fingerprint density at radius 3 is 2.39 bits per heavy atom. The number of esters is 1. The molecule has 0 aliphatic rings. The average molecular weight is 451 g/mol. The van der Waals surface area contributed by atoms with Crippen molar-refractivity contribution >= 4 is 32.8 Å². The number of Topliss-reactive ketones (excluding diaryl/α,β-unsaturated/α-hetero) is 1. The highest BCUT2D eigenvalue weighted by Gasteiger charge is 2.25. The number of sulfonamides is 1. The zero-order valence-electron chi connectivity index (χ0n) is 16.7. The smallest absolute Gasteiger partial charge is 0.321 e. The van der Waals surface area contributed by atoms with Crippen LogP contribution in [0, 0.1) is 0 Å². The van der Waals surface area contributed by atoms with Gasteiger partial charge >= 0.3 is 12.5 Å². The maximum absolute atomic E-state index is 13.4. The normalized spacial score (nSPS) is 11.9. The maximum Gasteiger partial charge on any atom is 0.321 e. The summed E-state index contributed by atoms with van der Waals surface area (Å²) in [4.78, 5) is 27.4. The minimum atomic E-state index is -4.02. The van der Waals surface area contributed by atoms with Gasteiger partial charge in [-0.05, 0) is 31.2 Å². The number of halogens is 2. The number of ketones is 1. The number of alkyl halides is 2. The summed E-state index contributed by atoms with van der Waals surface area (Å²) >= 11 is 0. The van der Waals surface area contributed by atoms with Crippen LogP contribution in [-0.4, -0.2) is 47.6 Å². The lowest BCUT2D eigenvalue weighted by Gasteiger charge is -2.16. The first kappa shape index (κ1) is 22.5. The van der Waals surface area contributed by atoms with E-state index in [1.54, 1.807) is 18.2 Å². The van der Waals surface area contributed by atoms with Gasteiger partial charge in [-0.3, -0.25) is 14.2 Å². The summed E-state index contributed by atoms with van der Waals surface area (Å²) in [6, 6.07) is 11.5. The molecule has 2 aromatic carbocycles. The van der Waals surface area contributed by atoms with Gasteiger partial charge in [0.2, 0.25) is 10.0 Å². The lowest BCUT2D eigenvalue weighted by Crippen LogP contribution is -2.33. The third kappa shape index (κ3) is 4.78. The Morgan fingerprint density at radius 1 is 1.13 bits per heavy atom. The van der Waals surface area contributed by atoms with Gasteiger partial charge in [-0.15, -0.1) is 0 Å². The van der Waals surface area contributed by atoms with Gasteiger partial charge in [0, 0.05) is 12.6 Å². The Bertz CT molecular complexity index is 1220. The number of imidazole rings is 1. The van der Waals surface area contributed by atoms with Crippen LogP contribution in [0.25, 0.3) is 11.0 Å². The zero-order chi connectivity index (χ0) is 22.8. The van der Waals surface area contributed by atoms with Crippen LogP contribution < -0.4 is 0 Å². The van der Waals surface area contributed by atoms with Gasteiger partial charge < -0.3 is 4.74 Å². The summed E-state index contributed by atoms with van der Waals surface area (Å²) in [5.74, 6) is -1.30. The highest BCUT2D eigenvalue weighted by atomic mass is 32.2. The van der Waals surface area contributed by atoms with Gasteiger partial charge in [0.1, 0.15) is 13.2 Å². The van der Waals surface area contributed by atoms with Crippen LogP contribution in [0.3, 0.4) is 0 Å². The van der Waals surface area contributed by atoms with Crippen molar-refractivity contribution in [1.82, 2.24) is 13.9 Å². The minimum absolute atomic E-state index is 0.104. The Hall–Kier alpha value is -3.18. The van der Waals surface area contributed by atoms with E-state index in [1.165, 1.54) is 44.3 Å². The number of rotatable bonds is 8. The molecule has 11 heteroatoms. The second-order valence-corrected chi connectivity index (χ2v) is 8.71. The fourth-order valence-corrected chi connectivity index (χ4v) is 4.03. The molecule has 3 rings (SSSR count). The number of fused-ring (bicyclic) bond motifs is 1. The largest absolute Gasteiger partial charge is 0.457 e. The van der Waals surface area contributed by atoms with Crippen LogP contribution in [0.2, 0.25) is 0 Å². The molecule has 0 spiro atoms. The van der Waals surface area contributed by atoms with Crippen LogP contribution >= 0.6 is 0 Å². The monoisotopic (exact) mass is 451 g/mol. The Balaban J connectivity index is 1.69. The van der Waals surface area contributed by atoms with E-state index in [-0.39, 0.29) is 22.0 Å². The van der Waals surface area contributed by atoms with E-state index in [0.29, 0.717) is 15.6 Å². The summed E-state index contributed by atoms with van der Waals surface area (Å²) in [5.41, 5.74) is 0.864. The van der Waals surface area contributed by atoms with E-state index in [2.05, 4.69) is 4.98 Å². The molecule has 0 saturated carbocycles. The Morgan fingerprint density at radius 2 is 1.77 bits per heavy atom. The number of carbonyl (C=O) groups excluding carboxylic acids is 2. The molecule has 0 amide bonds. The van der Waals surface area contributed by atoms with Crippen molar-refractivity contribution in [1.29, 1.82) is 0 Å². The highest BCUT2D eigenvalue weighted by Crippen LogP contribution is 2.23. The van der Waals surface area contributed by atoms with Crippen molar-refractivity contribution in [2.45, 2.75) is 25.0 Å². The molecule has 0 atom stereocenters. The quantitative estimate of drug-likeness (QED) is 0.386. The molecule has 31 heavy (non-hydrogen) atoms. The van der Waals surface area contributed by atoms with Crippen molar-refractivity contribution in [2.75, 3.05) is 13.6 Å². The fraction of sp³-hybridized carbons (Fsp3) is 0.250. The molecule has 0 saturated heterocycles. The number of benzene rings is 2. The Kier molecular flexibility index (Phi) is 6.46. The summed E-state index contributed by atoms with van der Waals surface area (Å²) < 4.78 is 58.5. The summed E-state index contributed by atoms with van der Waals surface area (Å²) in [6.07, 6.45) is 0. The number of hydrogen-bond donors (Lipinski definition) is 0. The second-order valence-electron chi connectivity index (χ2n) is 6.67. The summed E-state index contributed by atoms with van der Waals surface area (Å²) in [7, 11) is -2.84. The first-order chi connectivity index (χ1) is 14.6. The van der Waals surface area contributed by atoms with Gasteiger partial charge in [0.15, 0.2) is 11.6 Å². The van der Waals surface area contributed by atoms with Crippen molar-refractivity contribution in [3.05, 3.63) is 59.9 Å². The third-order valence-electron chi connectivity index (χ3n) is 4.55. The minimum Gasteiger partial charge on any atom is -0.457 e. The molecule has 0 bridgehead atoms. The average Bonchev–Trinajstić information content (AvgIpc) is 3.11. The first-order valence-electron chi connectivity index (χ1n) is 9.08. The molecular weight excluding hydrogens is 432 g/mol. The van der Waals surface area contributed by atoms with Crippen molar-refractivity contribution in [3.63, 3.8) is 0 Å². The number of para-hydroxylation sites is 2. The zero-order valence-corrected chi connectivity index (χ0v) is 17.5. The standard InChI is InChI=1S/C20H19F2N3O5S/c1-13(26)14-7-9-15(10-8-14)31(28,29)24(2)11-19(27)30-12-18-23-16-5-3-4-6-17(16)25(18)20(21)22/h3-10,20H,11-12H2,1-2H3. The van der Waals surface area contributed by atoms with Crippen molar-refractivity contribution < 1.29 is 31.5 Å². The van der Waals surface area contributed by atoms with Crippen LogP contribution in [0.15, 0.2) is 53.4 Å². The number of carbonyl (C=O) groups is 2. The van der Waals surface area contributed by atoms with Gasteiger partial charge in [-0.25, -0.2) is 13.4 Å². The molecule has 0 N–H and O–H groups in total. The van der Waals surface area contributed by atoms with E-state index in [1.807, 2.05) is 0 Å². The topological polar surface area (TPSA) is 98.6 Å². The molecule has 3 aromatic rings. The fourth-order valence-electron chi connectivity index (χ4n) is 2.91. The molecular formula is C20H19F2N3O5S. The van der Waals surface area contributed by atoms with Gasteiger partial charge in [-0.2, -0.15) is 13.1 Å². The predicted octanol–water partition coefficient (Wildman–Crippen LogP) is 3.00. The predicted molar refractivity (Wildman–Crippen MR) is 107 cm³/mol. The number of ether oxygens (including phenoxy) is 1. The van der Waals surface area contributed by atoms with E-state index in [4.69, 9.17) is 4.74 Å². The lowest BCUT2D eigenvalue weighted by atomic mass is 10.2. The van der Waals surface area contributed by atoms with Gasteiger partial charge in [0.25, 0.3) is 0 Å². The van der Waals surface area contributed by atoms with Crippen molar-refractivity contribution in [3.8, 4) is 0 Å². The summed E-state index contributed by atoms with van der Waals surface area (Å²) in [6.45, 7) is -2.71.